The van der Waals surface area contributed by atoms with Gasteiger partial charge in [0.2, 0.25) is 0 Å². The molecule has 4 heteroatoms. The van der Waals surface area contributed by atoms with Gasteiger partial charge in [0.1, 0.15) is 5.75 Å². The van der Waals surface area contributed by atoms with E-state index in [2.05, 4.69) is 39.0 Å². The van der Waals surface area contributed by atoms with E-state index in [0.717, 1.165) is 54.6 Å². The Bertz CT molecular complexity index is 698. The fourth-order valence-electron chi connectivity index (χ4n) is 8.18. The Labute approximate surface area is 182 Å². The number of ether oxygens (including phenoxy) is 1. The average molecular weight is 410 g/mol. The molecule has 1 aromatic carbocycles. The van der Waals surface area contributed by atoms with E-state index in [9.17, 15) is 0 Å². The second kappa shape index (κ2) is 8.02. The van der Waals surface area contributed by atoms with E-state index in [0.29, 0.717) is 0 Å². The minimum Gasteiger partial charge on any atom is -0.497 e. The van der Waals surface area contributed by atoms with Gasteiger partial charge in [-0.15, -0.1) is 0 Å². The Hall–Kier alpha value is -1.26. The van der Waals surface area contributed by atoms with Gasteiger partial charge in [-0.2, -0.15) is 0 Å². The van der Waals surface area contributed by atoms with Gasteiger partial charge in [0.05, 0.1) is 7.11 Å². The van der Waals surface area contributed by atoms with Crippen LogP contribution in [0.25, 0.3) is 0 Å². The molecule has 2 saturated heterocycles. The Morgan fingerprint density at radius 1 is 0.767 bits per heavy atom. The van der Waals surface area contributed by atoms with Crippen molar-refractivity contribution in [2.24, 2.45) is 23.7 Å². The first-order chi connectivity index (χ1) is 14.8. The highest BCUT2D eigenvalue weighted by atomic mass is 16.5. The number of piperazine rings is 1. The number of likely N-dealkylation sites (tertiary alicyclic amines) is 1. The largest absolute Gasteiger partial charge is 0.497 e. The quantitative estimate of drug-likeness (QED) is 0.745. The molecule has 1 aromatic rings. The normalized spacial score (nSPS) is 39.4. The number of hydrogen-bond acceptors (Lipinski definition) is 4. The summed E-state index contributed by atoms with van der Waals surface area (Å²) in [7, 11) is 1.74. The summed E-state index contributed by atoms with van der Waals surface area (Å²) in [4.78, 5) is 8.35. The van der Waals surface area contributed by atoms with Crippen LogP contribution in [0.5, 0.6) is 5.75 Å². The standard InChI is InChI=1S/C26H39N3O/c1-30-25-6-4-23(5-7-25)27-9-11-28(12-10-27)24-3-2-8-29(18-24)26-21-14-19-13-20(16-21)17-22(26)15-19/h4-7,19-22,24,26H,2-3,8-18H2,1H3/t19?,20?,21?,22?,24-,26?/m0/s1. The molecule has 0 aromatic heterocycles. The fourth-order valence-corrected chi connectivity index (χ4v) is 8.18. The predicted molar refractivity (Wildman–Crippen MR) is 122 cm³/mol. The van der Waals surface area contributed by atoms with Crippen molar-refractivity contribution in [1.29, 1.82) is 0 Å². The van der Waals surface area contributed by atoms with Crippen LogP contribution in [0.15, 0.2) is 24.3 Å². The van der Waals surface area contributed by atoms with Crippen molar-refractivity contribution in [3.05, 3.63) is 24.3 Å². The molecule has 4 saturated carbocycles. The molecule has 30 heavy (non-hydrogen) atoms. The number of methoxy groups -OCH3 is 1. The van der Waals surface area contributed by atoms with Gasteiger partial charge in [0.25, 0.3) is 0 Å². The maximum atomic E-state index is 5.32. The summed E-state index contributed by atoms with van der Waals surface area (Å²) in [5.41, 5.74) is 1.34. The highest BCUT2D eigenvalue weighted by Crippen LogP contribution is 2.55. The van der Waals surface area contributed by atoms with E-state index in [1.165, 1.54) is 44.7 Å². The SMILES string of the molecule is COc1ccc(N2CCN([C@H]3CCCN(C4C5CC6CC(C5)CC4C6)C3)CC2)cc1. The van der Waals surface area contributed by atoms with Crippen molar-refractivity contribution in [2.75, 3.05) is 51.3 Å². The van der Waals surface area contributed by atoms with Gasteiger partial charge in [-0.3, -0.25) is 9.80 Å². The molecule has 0 amide bonds. The molecule has 4 bridgehead atoms. The van der Waals surface area contributed by atoms with E-state index in [4.69, 9.17) is 4.74 Å². The number of rotatable bonds is 4. The molecule has 164 valence electrons. The van der Waals surface area contributed by atoms with Crippen molar-refractivity contribution >= 4 is 5.69 Å². The van der Waals surface area contributed by atoms with Crippen LogP contribution in [0, 0.1) is 23.7 Å². The Kier molecular flexibility index (Phi) is 5.19. The third-order valence-electron chi connectivity index (χ3n) is 9.29. The van der Waals surface area contributed by atoms with E-state index >= 15 is 0 Å². The van der Waals surface area contributed by atoms with Crippen LogP contribution in [-0.4, -0.2) is 68.3 Å². The molecule has 4 aliphatic carbocycles. The second-order valence-corrected chi connectivity index (χ2v) is 10.9. The number of hydrogen-bond donors (Lipinski definition) is 0. The van der Waals surface area contributed by atoms with Gasteiger partial charge in [0, 0.05) is 50.5 Å². The lowest BCUT2D eigenvalue weighted by atomic mass is 9.53. The third-order valence-corrected chi connectivity index (χ3v) is 9.29. The molecule has 2 aliphatic heterocycles. The minimum absolute atomic E-state index is 0.786. The number of benzene rings is 1. The zero-order valence-electron chi connectivity index (χ0n) is 18.7. The first-order valence-electron chi connectivity index (χ1n) is 12.6. The van der Waals surface area contributed by atoms with Gasteiger partial charge in [0.15, 0.2) is 0 Å². The molecule has 7 rings (SSSR count). The van der Waals surface area contributed by atoms with Gasteiger partial charge in [-0.05, 0) is 99.4 Å². The second-order valence-electron chi connectivity index (χ2n) is 10.9. The molecule has 6 fully saturated rings. The van der Waals surface area contributed by atoms with Crippen molar-refractivity contribution in [3.8, 4) is 5.75 Å². The van der Waals surface area contributed by atoms with E-state index in [1.807, 2.05) is 0 Å². The Morgan fingerprint density at radius 2 is 1.43 bits per heavy atom. The van der Waals surface area contributed by atoms with E-state index in [1.54, 1.807) is 39.2 Å². The fraction of sp³-hybridized carbons (Fsp3) is 0.769. The van der Waals surface area contributed by atoms with Crippen LogP contribution >= 0.6 is 0 Å². The lowest BCUT2D eigenvalue weighted by molar-refractivity contribution is -0.0795. The molecule has 1 atom stereocenters. The summed E-state index contributed by atoms with van der Waals surface area (Å²) in [5, 5.41) is 0. The van der Waals surface area contributed by atoms with Gasteiger partial charge in [-0.1, -0.05) is 0 Å². The molecule has 4 nitrogen and oxygen atoms in total. The predicted octanol–water partition coefficient (Wildman–Crippen LogP) is 4.11. The van der Waals surface area contributed by atoms with Gasteiger partial charge >= 0.3 is 0 Å². The monoisotopic (exact) mass is 409 g/mol. The summed E-state index contributed by atoms with van der Waals surface area (Å²) in [6, 6.07) is 10.3. The van der Waals surface area contributed by atoms with Crippen molar-refractivity contribution in [2.45, 2.75) is 57.0 Å². The maximum absolute atomic E-state index is 5.32. The van der Waals surface area contributed by atoms with Crippen LogP contribution in [0.2, 0.25) is 0 Å². The minimum atomic E-state index is 0.786. The molecule has 0 spiro atoms. The average Bonchev–Trinajstić information content (AvgIpc) is 2.79. The Morgan fingerprint density at radius 3 is 2.07 bits per heavy atom. The van der Waals surface area contributed by atoms with Crippen LogP contribution in [0.1, 0.15) is 44.9 Å². The van der Waals surface area contributed by atoms with E-state index < -0.39 is 0 Å². The lowest BCUT2D eigenvalue weighted by Gasteiger charge is -2.58. The maximum Gasteiger partial charge on any atom is 0.119 e. The first-order valence-corrected chi connectivity index (χ1v) is 12.6. The van der Waals surface area contributed by atoms with Crippen LogP contribution in [0.3, 0.4) is 0 Å². The zero-order chi connectivity index (χ0) is 20.1. The summed E-state index contributed by atoms with van der Waals surface area (Å²) < 4.78 is 5.32. The molecule has 0 radical (unpaired) electrons. The first kappa shape index (κ1) is 19.4. The van der Waals surface area contributed by atoms with Gasteiger partial charge < -0.3 is 9.64 Å². The molecule has 0 N–H and O–H groups in total. The van der Waals surface area contributed by atoms with Crippen LogP contribution in [0.4, 0.5) is 5.69 Å². The molecule has 2 heterocycles. The lowest BCUT2D eigenvalue weighted by Crippen LogP contribution is -2.61. The Balaban J connectivity index is 1.06. The molecule has 0 unspecified atom stereocenters. The molecule has 6 aliphatic rings. The van der Waals surface area contributed by atoms with Gasteiger partial charge in [-0.25, -0.2) is 0 Å². The van der Waals surface area contributed by atoms with E-state index in [-0.39, 0.29) is 0 Å². The highest BCUT2D eigenvalue weighted by molar-refractivity contribution is 5.49. The highest BCUT2D eigenvalue weighted by Gasteiger charge is 2.50. The summed E-state index contributed by atoms with van der Waals surface area (Å²) >= 11 is 0. The van der Waals surface area contributed by atoms with Crippen molar-refractivity contribution in [1.82, 2.24) is 9.80 Å². The summed E-state index contributed by atoms with van der Waals surface area (Å²) in [5.74, 6) is 5.20. The van der Waals surface area contributed by atoms with Crippen LogP contribution < -0.4 is 9.64 Å². The number of nitrogens with zero attached hydrogens (tertiary/aromatic N) is 3. The van der Waals surface area contributed by atoms with Crippen LogP contribution in [-0.2, 0) is 0 Å². The number of anilines is 1. The topological polar surface area (TPSA) is 19.0 Å². The number of piperidine rings is 1. The summed E-state index contributed by atoms with van der Waals surface area (Å²) in [6.07, 6.45) is 10.6. The third kappa shape index (κ3) is 3.54. The van der Waals surface area contributed by atoms with Crippen molar-refractivity contribution in [3.63, 3.8) is 0 Å². The smallest absolute Gasteiger partial charge is 0.119 e. The van der Waals surface area contributed by atoms with Crippen molar-refractivity contribution < 1.29 is 4.74 Å². The zero-order valence-corrected chi connectivity index (χ0v) is 18.7. The molecular weight excluding hydrogens is 370 g/mol. The summed E-state index contributed by atoms with van der Waals surface area (Å²) in [6.45, 7) is 7.45. The molecular formula is C26H39N3O.